The molecule has 1 aromatic heterocycles. The molecule has 1 aromatic rings. The Morgan fingerprint density at radius 2 is 2.28 bits per heavy atom. The third kappa shape index (κ3) is 3.70. The van der Waals surface area contributed by atoms with Gasteiger partial charge in [0, 0.05) is 37.4 Å². The van der Waals surface area contributed by atoms with Crippen LogP contribution in [0.25, 0.3) is 0 Å². The number of halogens is 1. The standard InChI is InChI=1S/C13H24N4.ClH/c1-3-4-17-10-13(7-15-17)9-16-8-12(6-14)5-11(16)2;/h7,10-12H,3-6,8-9,14H2,1-2H3;1H. The third-order valence-corrected chi connectivity index (χ3v) is 3.65. The van der Waals surface area contributed by atoms with Crippen molar-refractivity contribution in [3.63, 3.8) is 0 Å². The third-order valence-electron chi connectivity index (χ3n) is 3.65. The van der Waals surface area contributed by atoms with Crippen LogP contribution in [0.3, 0.4) is 0 Å². The van der Waals surface area contributed by atoms with Gasteiger partial charge in [0.15, 0.2) is 0 Å². The first kappa shape index (κ1) is 15.5. The van der Waals surface area contributed by atoms with Crippen molar-refractivity contribution in [2.75, 3.05) is 13.1 Å². The van der Waals surface area contributed by atoms with E-state index in [-0.39, 0.29) is 12.4 Å². The zero-order valence-corrected chi connectivity index (χ0v) is 12.2. The molecule has 0 aliphatic carbocycles. The predicted molar refractivity (Wildman–Crippen MR) is 76.8 cm³/mol. The smallest absolute Gasteiger partial charge is 0.0534 e. The molecule has 2 atom stereocenters. The molecule has 2 rings (SSSR count). The number of rotatable bonds is 5. The molecule has 1 aliphatic rings. The fraction of sp³-hybridized carbons (Fsp3) is 0.769. The molecule has 1 saturated heterocycles. The molecule has 0 saturated carbocycles. The fourth-order valence-electron chi connectivity index (χ4n) is 2.68. The van der Waals surface area contributed by atoms with E-state index in [0.29, 0.717) is 12.0 Å². The van der Waals surface area contributed by atoms with Crippen LogP contribution in [-0.2, 0) is 13.1 Å². The molecule has 0 bridgehead atoms. The van der Waals surface area contributed by atoms with E-state index >= 15 is 0 Å². The molecule has 1 aliphatic heterocycles. The lowest BCUT2D eigenvalue weighted by molar-refractivity contribution is 0.256. The Hall–Kier alpha value is -0.580. The summed E-state index contributed by atoms with van der Waals surface area (Å²) >= 11 is 0. The number of hydrogen-bond acceptors (Lipinski definition) is 3. The fourth-order valence-corrected chi connectivity index (χ4v) is 2.68. The number of nitrogens with two attached hydrogens (primary N) is 1. The highest BCUT2D eigenvalue weighted by molar-refractivity contribution is 5.85. The van der Waals surface area contributed by atoms with E-state index in [1.165, 1.54) is 12.0 Å². The van der Waals surface area contributed by atoms with Gasteiger partial charge in [0.2, 0.25) is 0 Å². The SMILES string of the molecule is CCCn1cc(CN2CC(CN)CC2C)cn1.Cl. The summed E-state index contributed by atoms with van der Waals surface area (Å²) in [5.74, 6) is 0.677. The topological polar surface area (TPSA) is 47.1 Å². The van der Waals surface area contributed by atoms with Crippen LogP contribution in [0.1, 0.15) is 32.3 Å². The van der Waals surface area contributed by atoms with Crippen LogP contribution in [0, 0.1) is 5.92 Å². The second-order valence-corrected chi connectivity index (χ2v) is 5.23. The lowest BCUT2D eigenvalue weighted by Gasteiger charge is -2.19. The monoisotopic (exact) mass is 272 g/mol. The van der Waals surface area contributed by atoms with E-state index in [1.807, 2.05) is 10.9 Å². The van der Waals surface area contributed by atoms with Crippen molar-refractivity contribution >= 4 is 12.4 Å². The quantitative estimate of drug-likeness (QED) is 0.890. The Morgan fingerprint density at radius 1 is 1.50 bits per heavy atom. The minimum Gasteiger partial charge on any atom is -0.330 e. The van der Waals surface area contributed by atoms with E-state index in [9.17, 15) is 0 Å². The largest absolute Gasteiger partial charge is 0.330 e. The highest BCUT2D eigenvalue weighted by atomic mass is 35.5. The van der Waals surface area contributed by atoms with Crippen molar-refractivity contribution in [1.29, 1.82) is 0 Å². The van der Waals surface area contributed by atoms with Crippen LogP contribution >= 0.6 is 12.4 Å². The summed E-state index contributed by atoms with van der Waals surface area (Å²) in [7, 11) is 0. The van der Waals surface area contributed by atoms with Gasteiger partial charge in [0.05, 0.1) is 6.20 Å². The highest BCUT2D eigenvalue weighted by Gasteiger charge is 2.27. The summed E-state index contributed by atoms with van der Waals surface area (Å²) in [5.41, 5.74) is 7.07. The number of hydrogen-bond donors (Lipinski definition) is 1. The van der Waals surface area contributed by atoms with Crippen molar-refractivity contribution < 1.29 is 0 Å². The van der Waals surface area contributed by atoms with Crippen LogP contribution < -0.4 is 5.73 Å². The van der Waals surface area contributed by atoms with Crippen LogP contribution in [0.4, 0.5) is 0 Å². The van der Waals surface area contributed by atoms with Crippen LogP contribution in [0.2, 0.25) is 0 Å². The molecule has 104 valence electrons. The van der Waals surface area contributed by atoms with Crippen molar-refractivity contribution in [1.82, 2.24) is 14.7 Å². The zero-order chi connectivity index (χ0) is 12.3. The van der Waals surface area contributed by atoms with E-state index in [0.717, 1.165) is 32.6 Å². The molecule has 0 aromatic carbocycles. The van der Waals surface area contributed by atoms with Gasteiger partial charge in [-0.2, -0.15) is 5.10 Å². The van der Waals surface area contributed by atoms with Gasteiger partial charge >= 0.3 is 0 Å². The van der Waals surface area contributed by atoms with Crippen molar-refractivity contribution in [3.8, 4) is 0 Å². The molecule has 1 fully saturated rings. The molecule has 2 N–H and O–H groups in total. The van der Waals surface area contributed by atoms with E-state index in [4.69, 9.17) is 5.73 Å². The Kier molecular flexibility index (Phi) is 6.12. The van der Waals surface area contributed by atoms with Crippen LogP contribution in [0.5, 0.6) is 0 Å². The van der Waals surface area contributed by atoms with Gasteiger partial charge < -0.3 is 5.73 Å². The molecule has 2 unspecified atom stereocenters. The Bertz CT molecular complexity index is 353. The second kappa shape index (κ2) is 7.12. The predicted octanol–water partition coefficient (Wildman–Crippen LogP) is 1.88. The average Bonchev–Trinajstić information content (AvgIpc) is 2.88. The van der Waals surface area contributed by atoms with Crippen molar-refractivity contribution in [2.24, 2.45) is 11.7 Å². The summed E-state index contributed by atoms with van der Waals surface area (Å²) in [6.07, 6.45) is 6.54. The van der Waals surface area contributed by atoms with Crippen molar-refractivity contribution in [3.05, 3.63) is 18.0 Å². The minimum atomic E-state index is 0. The maximum absolute atomic E-state index is 5.75. The van der Waals surface area contributed by atoms with E-state index in [1.54, 1.807) is 0 Å². The Balaban J connectivity index is 0.00000162. The lowest BCUT2D eigenvalue weighted by Crippen LogP contribution is -2.27. The molecule has 0 radical (unpaired) electrons. The van der Waals surface area contributed by atoms with Gasteiger partial charge in [-0.1, -0.05) is 6.92 Å². The number of nitrogens with zero attached hydrogens (tertiary/aromatic N) is 3. The number of likely N-dealkylation sites (tertiary alicyclic amines) is 1. The van der Waals surface area contributed by atoms with E-state index in [2.05, 4.69) is 30.0 Å². The first-order valence-electron chi connectivity index (χ1n) is 6.68. The molecular formula is C13H25ClN4. The summed E-state index contributed by atoms with van der Waals surface area (Å²) in [5, 5.41) is 4.38. The molecule has 5 heteroatoms. The maximum atomic E-state index is 5.75. The van der Waals surface area contributed by atoms with Gasteiger partial charge in [0.25, 0.3) is 0 Å². The summed E-state index contributed by atoms with van der Waals surface area (Å²) in [6, 6.07) is 0.651. The van der Waals surface area contributed by atoms with Crippen LogP contribution in [0.15, 0.2) is 12.4 Å². The molecule has 0 spiro atoms. The summed E-state index contributed by atoms with van der Waals surface area (Å²) in [6.45, 7) is 8.46. The van der Waals surface area contributed by atoms with Crippen LogP contribution in [-0.4, -0.2) is 33.8 Å². The second-order valence-electron chi connectivity index (χ2n) is 5.23. The minimum absolute atomic E-state index is 0. The first-order chi connectivity index (χ1) is 8.22. The number of aryl methyl sites for hydroxylation is 1. The van der Waals surface area contributed by atoms with E-state index < -0.39 is 0 Å². The average molecular weight is 273 g/mol. The molecule has 0 amide bonds. The normalized spacial score (nSPS) is 24.2. The Labute approximate surface area is 116 Å². The van der Waals surface area contributed by atoms with Gasteiger partial charge in [-0.3, -0.25) is 9.58 Å². The molecule has 18 heavy (non-hydrogen) atoms. The zero-order valence-electron chi connectivity index (χ0n) is 11.4. The first-order valence-corrected chi connectivity index (χ1v) is 6.68. The Morgan fingerprint density at radius 3 is 2.89 bits per heavy atom. The molecular weight excluding hydrogens is 248 g/mol. The van der Waals surface area contributed by atoms with Gasteiger partial charge in [-0.15, -0.1) is 12.4 Å². The van der Waals surface area contributed by atoms with Gasteiger partial charge in [-0.05, 0) is 32.2 Å². The highest BCUT2D eigenvalue weighted by Crippen LogP contribution is 2.23. The van der Waals surface area contributed by atoms with Gasteiger partial charge in [-0.25, -0.2) is 0 Å². The summed E-state index contributed by atoms with van der Waals surface area (Å²) < 4.78 is 2.04. The number of aromatic nitrogens is 2. The molecule has 4 nitrogen and oxygen atoms in total. The molecule has 2 heterocycles. The van der Waals surface area contributed by atoms with Gasteiger partial charge in [0.1, 0.15) is 0 Å². The van der Waals surface area contributed by atoms with Crippen molar-refractivity contribution in [2.45, 2.75) is 45.8 Å². The maximum Gasteiger partial charge on any atom is 0.0534 e. The lowest BCUT2D eigenvalue weighted by atomic mass is 10.1. The summed E-state index contributed by atoms with van der Waals surface area (Å²) in [4.78, 5) is 2.52.